The Labute approximate surface area is 117 Å². The van der Waals surface area contributed by atoms with Gasteiger partial charge in [-0.15, -0.1) is 6.58 Å². The molecule has 5 heteroatoms. The lowest BCUT2D eigenvalue weighted by Gasteiger charge is -2.23. The van der Waals surface area contributed by atoms with Crippen LogP contribution in [0.25, 0.3) is 0 Å². The smallest absolute Gasteiger partial charge is 0.307 e. The van der Waals surface area contributed by atoms with Gasteiger partial charge in [-0.05, 0) is 18.3 Å². The van der Waals surface area contributed by atoms with Gasteiger partial charge in [0.05, 0.1) is 11.8 Å². The van der Waals surface area contributed by atoms with Gasteiger partial charge in [0.25, 0.3) is 0 Å². The summed E-state index contributed by atoms with van der Waals surface area (Å²) in [5.74, 6) is -0.0639. The van der Waals surface area contributed by atoms with Crippen LogP contribution in [0.1, 0.15) is 6.42 Å². The molecule has 2 rings (SSSR count). The summed E-state index contributed by atoms with van der Waals surface area (Å²) in [5.41, 5.74) is 0. The number of nitrogens with one attached hydrogen (secondary N) is 1. The topological polar surface area (TPSA) is 66.4 Å². The molecule has 0 spiro atoms. The minimum absolute atomic E-state index is 0.0355. The molecule has 2 unspecified atom stereocenters. The van der Waals surface area contributed by atoms with Crippen LogP contribution in [0.4, 0.5) is 0 Å². The third-order valence-electron chi connectivity index (χ3n) is 3.83. The summed E-state index contributed by atoms with van der Waals surface area (Å²) in [6.07, 6.45) is 6.59. The van der Waals surface area contributed by atoms with E-state index in [0.717, 1.165) is 17.9 Å². The van der Waals surface area contributed by atoms with Gasteiger partial charge in [-0.3, -0.25) is 9.59 Å². The van der Waals surface area contributed by atoms with Crippen molar-refractivity contribution in [2.75, 3.05) is 18.1 Å². The number of carboxylic acid groups (broad SMARTS) is 1. The number of carbonyl (C=O) groups is 2. The average Bonchev–Trinajstić information content (AvgIpc) is 2.98. The summed E-state index contributed by atoms with van der Waals surface area (Å²) < 4.78 is 0. The number of fused-ring (bicyclic) bond motifs is 2. The lowest BCUT2D eigenvalue weighted by atomic mass is 9.82. The molecule has 19 heavy (non-hydrogen) atoms. The van der Waals surface area contributed by atoms with Gasteiger partial charge in [-0.1, -0.05) is 18.2 Å². The first-order valence-corrected chi connectivity index (χ1v) is 7.68. The minimum atomic E-state index is -0.849. The highest BCUT2D eigenvalue weighted by Crippen LogP contribution is 2.48. The molecule has 0 heterocycles. The van der Waals surface area contributed by atoms with Crippen molar-refractivity contribution in [1.82, 2.24) is 5.32 Å². The van der Waals surface area contributed by atoms with Crippen LogP contribution in [-0.4, -0.2) is 35.0 Å². The average molecular weight is 281 g/mol. The normalized spacial score (nSPS) is 31.4. The first-order chi connectivity index (χ1) is 9.15. The van der Waals surface area contributed by atoms with Crippen LogP contribution in [0, 0.1) is 23.7 Å². The third kappa shape index (κ3) is 3.03. The molecule has 0 aromatic rings. The number of aliphatic carboxylic acids is 1. The van der Waals surface area contributed by atoms with Crippen molar-refractivity contribution < 1.29 is 14.7 Å². The second kappa shape index (κ2) is 6.28. The SMILES string of the molecule is C=CCSCCNC(=O)[C@H]1C2C=CC(C2)[C@H]1C(=O)O. The molecule has 104 valence electrons. The number of hydrogen-bond donors (Lipinski definition) is 2. The summed E-state index contributed by atoms with van der Waals surface area (Å²) in [4.78, 5) is 23.4. The van der Waals surface area contributed by atoms with Crippen molar-refractivity contribution in [3.8, 4) is 0 Å². The standard InChI is InChI=1S/C14H19NO3S/c1-2-6-19-7-5-15-13(16)11-9-3-4-10(8-9)12(11)14(17)18/h2-4,9-12H,1,5-8H2,(H,15,16)(H,17,18)/t9?,10?,11-,12+/m0/s1. The summed E-state index contributed by atoms with van der Waals surface area (Å²) in [6, 6.07) is 0. The quantitative estimate of drug-likeness (QED) is 0.549. The molecule has 4 nitrogen and oxygen atoms in total. The number of rotatable bonds is 7. The molecule has 2 N–H and O–H groups in total. The zero-order chi connectivity index (χ0) is 13.8. The van der Waals surface area contributed by atoms with Gasteiger partial charge in [-0.2, -0.15) is 11.8 Å². The van der Waals surface area contributed by atoms with E-state index >= 15 is 0 Å². The fraction of sp³-hybridized carbons (Fsp3) is 0.571. The second-order valence-electron chi connectivity index (χ2n) is 4.99. The van der Waals surface area contributed by atoms with Gasteiger partial charge in [0, 0.05) is 18.1 Å². The highest BCUT2D eigenvalue weighted by molar-refractivity contribution is 7.99. The summed E-state index contributed by atoms with van der Waals surface area (Å²) in [5, 5.41) is 12.1. The zero-order valence-corrected chi connectivity index (χ0v) is 11.6. The van der Waals surface area contributed by atoms with Gasteiger partial charge in [0.1, 0.15) is 0 Å². The van der Waals surface area contributed by atoms with Crippen LogP contribution in [0.3, 0.4) is 0 Å². The number of carbonyl (C=O) groups excluding carboxylic acids is 1. The Kier molecular flexibility index (Phi) is 4.69. The molecule has 1 amide bonds. The molecule has 2 bridgehead atoms. The molecule has 0 saturated heterocycles. The van der Waals surface area contributed by atoms with Crippen LogP contribution in [0.5, 0.6) is 0 Å². The van der Waals surface area contributed by atoms with Crippen molar-refractivity contribution >= 4 is 23.6 Å². The zero-order valence-electron chi connectivity index (χ0n) is 10.7. The Morgan fingerprint density at radius 1 is 1.37 bits per heavy atom. The van der Waals surface area contributed by atoms with Gasteiger partial charge < -0.3 is 10.4 Å². The van der Waals surface area contributed by atoms with Crippen LogP contribution < -0.4 is 5.32 Å². The van der Waals surface area contributed by atoms with E-state index in [4.69, 9.17) is 0 Å². The van der Waals surface area contributed by atoms with Crippen molar-refractivity contribution in [3.05, 3.63) is 24.8 Å². The lowest BCUT2D eigenvalue weighted by molar-refractivity contribution is -0.147. The fourth-order valence-corrected chi connectivity index (χ4v) is 3.63. The number of amides is 1. The Hall–Kier alpha value is -1.23. The Morgan fingerprint density at radius 3 is 2.68 bits per heavy atom. The summed E-state index contributed by atoms with van der Waals surface area (Å²) >= 11 is 1.70. The summed E-state index contributed by atoms with van der Waals surface area (Å²) in [6.45, 7) is 4.22. The molecular weight excluding hydrogens is 262 g/mol. The predicted octanol–water partition coefficient (Wildman–Crippen LogP) is 1.54. The Bertz CT molecular complexity index is 407. The van der Waals surface area contributed by atoms with Crippen LogP contribution in [0.15, 0.2) is 24.8 Å². The van der Waals surface area contributed by atoms with Gasteiger partial charge in [0.15, 0.2) is 0 Å². The van der Waals surface area contributed by atoms with Crippen molar-refractivity contribution in [2.45, 2.75) is 6.42 Å². The first-order valence-electron chi connectivity index (χ1n) is 6.52. The maximum absolute atomic E-state index is 12.1. The van der Waals surface area contributed by atoms with E-state index < -0.39 is 17.8 Å². The van der Waals surface area contributed by atoms with E-state index in [9.17, 15) is 14.7 Å². The molecule has 0 radical (unpaired) electrons. The molecule has 2 aliphatic rings. The van der Waals surface area contributed by atoms with Crippen molar-refractivity contribution in [1.29, 1.82) is 0 Å². The predicted molar refractivity (Wildman–Crippen MR) is 75.9 cm³/mol. The molecule has 0 aliphatic heterocycles. The molecular formula is C14H19NO3S. The first kappa shape index (κ1) is 14.2. The van der Waals surface area contributed by atoms with E-state index in [0.29, 0.717) is 6.54 Å². The monoisotopic (exact) mass is 281 g/mol. The molecule has 2 aliphatic carbocycles. The number of carboxylic acids is 1. The third-order valence-corrected chi connectivity index (χ3v) is 4.79. The summed E-state index contributed by atoms with van der Waals surface area (Å²) in [7, 11) is 0. The Morgan fingerprint density at radius 2 is 2.05 bits per heavy atom. The van der Waals surface area contributed by atoms with E-state index in [-0.39, 0.29) is 17.7 Å². The highest BCUT2D eigenvalue weighted by Gasteiger charge is 2.51. The van der Waals surface area contributed by atoms with Crippen LogP contribution in [0.2, 0.25) is 0 Å². The molecule has 4 atom stereocenters. The number of thioether (sulfide) groups is 1. The van der Waals surface area contributed by atoms with E-state index in [1.807, 2.05) is 18.2 Å². The Balaban J connectivity index is 1.86. The van der Waals surface area contributed by atoms with E-state index in [2.05, 4.69) is 11.9 Å². The fourth-order valence-electron chi connectivity index (χ4n) is 3.05. The van der Waals surface area contributed by atoms with Gasteiger partial charge in [0.2, 0.25) is 5.91 Å². The number of allylic oxidation sites excluding steroid dienone is 2. The van der Waals surface area contributed by atoms with Gasteiger partial charge in [-0.25, -0.2) is 0 Å². The molecule has 0 aromatic carbocycles. The molecule has 0 aromatic heterocycles. The van der Waals surface area contributed by atoms with Gasteiger partial charge >= 0.3 is 5.97 Å². The van der Waals surface area contributed by atoms with Crippen molar-refractivity contribution in [2.24, 2.45) is 23.7 Å². The van der Waals surface area contributed by atoms with Crippen LogP contribution in [-0.2, 0) is 9.59 Å². The highest BCUT2D eigenvalue weighted by atomic mass is 32.2. The lowest BCUT2D eigenvalue weighted by Crippen LogP contribution is -2.40. The maximum atomic E-state index is 12.1. The number of hydrogen-bond acceptors (Lipinski definition) is 3. The second-order valence-corrected chi connectivity index (χ2v) is 6.14. The van der Waals surface area contributed by atoms with Crippen LogP contribution >= 0.6 is 11.8 Å². The molecule has 1 saturated carbocycles. The molecule has 1 fully saturated rings. The van der Waals surface area contributed by atoms with E-state index in [1.54, 1.807) is 11.8 Å². The largest absolute Gasteiger partial charge is 0.481 e. The minimum Gasteiger partial charge on any atom is -0.481 e. The van der Waals surface area contributed by atoms with E-state index in [1.165, 1.54) is 0 Å². The maximum Gasteiger partial charge on any atom is 0.307 e. The van der Waals surface area contributed by atoms with Crippen molar-refractivity contribution in [3.63, 3.8) is 0 Å².